The molecule has 0 amide bonds. The molecule has 0 aliphatic rings. The highest BCUT2D eigenvalue weighted by Crippen LogP contribution is 2.42. The van der Waals surface area contributed by atoms with Crippen LogP contribution in [0.1, 0.15) is 5.56 Å². The third-order valence-corrected chi connectivity index (χ3v) is 12.8. The van der Waals surface area contributed by atoms with Crippen LogP contribution in [0, 0.1) is 17.9 Å². The molecule has 0 saturated heterocycles. The van der Waals surface area contributed by atoms with Gasteiger partial charge in [0.2, 0.25) is 0 Å². The summed E-state index contributed by atoms with van der Waals surface area (Å²) in [5.41, 5.74) is 14.1. The number of para-hydroxylation sites is 1. The highest BCUT2D eigenvalue weighted by Gasteiger charge is 2.23. The molecule has 9 aromatic carbocycles. The summed E-state index contributed by atoms with van der Waals surface area (Å²) in [6, 6.07) is 79.2. The van der Waals surface area contributed by atoms with Crippen molar-refractivity contribution >= 4 is 27.5 Å². The van der Waals surface area contributed by atoms with Gasteiger partial charge >= 0.3 is 0 Å². The van der Waals surface area contributed by atoms with Gasteiger partial charge in [0.05, 0.1) is 46.3 Å². The normalized spacial score (nSPS) is 11.1. The van der Waals surface area contributed by atoms with Gasteiger partial charge in [0.15, 0.2) is 29.0 Å². The van der Waals surface area contributed by atoms with Gasteiger partial charge in [-0.1, -0.05) is 176 Å². The maximum Gasteiger partial charge on any atom is 0.194 e. The van der Waals surface area contributed by atoms with Crippen LogP contribution in [-0.2, 0) is 0 Å². The summed E-state index contributed by atoms with van der Waals surface area (Å²) in [4.78, 5) is 30.1. The molecule has 12 rings (SSSR count). The van der Waals surface area contributed by atoms with Gasteiger partial charge < -0.3 is 4.57 Å². The molecule has 12 aromatic rings. The van der Waals surface area contributed by atoms with Crippen LogP contribution in [0.5, 0.6) is 0 Å². The number of nitriles is 1. The highest BCUT2D eigenvalue weighted by molar-refractivity contribution is 6.12. The Hall–Kier alpha value is -10.2. The smallest absolute Gasteiger partial charge is 0.194 e. The van der Waals surface area contributed by atoms with Gasteiger partial charge in [-0.2, -0.15) is 5.26 Å². The molecule has 0 aliphatic heterocycles. The molecule has 0 N–H and O–H groups in total. The average Bonchev–Trinajstić information content (AvgIpc) is 3.78. The van der Waals surface area contributed by atoms with E-state index in [0.717, 1.165) is 94.5 Å². The van der Waals surface area contributed by atoms with E-state index < -0.39 is 0 Å². The Kier molecular flexibility index (Phi) is 10.8. The summed E-state index contributed by atoms with van der Waals surface area (Å²) in [5.74, 6) is 2.08. The maximum absolute atomic E-state index is 10.2. The molecular formula is C63H38N8. The third kappa shape index (κ3) is 7.94. The molecular weight excluding hydrogens is 869 g/mol. The van der Waals surface area contributed by atoms with Crippen LogP contribution in [0.15, 0.2) is 231 Å². The number of hydrogen-bond acceptors (Lipinski definition) is 6. The van der Waals surface area contributed by atoms with E-state index in [-0.39, 0.29) is 0 Å². The van der Waals surface area contributed by atoms with Crippen molar-refractivity contribution in [1.29, 1.82) is 5.26 Å². The van der Waals surface area contributed by atoms with Crippen LogP contribution in [0.4, 0.5) is 5.69 Å². The molecule has 0 radical (unpaired) electrons. The summed E-state index contributed by atoms with van der Waals surface area (Å²) in [5, 5.41) is 12.1. The number of rotatable bonds is 9. The van der Waals surface area contributed by atoms with E-state index in [1.54, 1.807) is 0 Å². The first-order valence-corrected chi connectivity index (χ1v) is 23.2. The van der Waals surface area contributed by atoms with E-state index in [2.05, 4.69) is 94.3 Å². The standard InChI is InChI=1S/C63H38N8/c1-65-54-29-17-16-28-50(54)46-31-34-58-52(37-46)51-36-45(49-27-15-14-26-48(49)40-64)30-33-57(51)71(58)59-35-32-47(62-66-55(41-18-6-2-7-19-41)39-56(67-62)42-20-8-3-9-21-42)38-53(59)63-69-60(43-22-10-4-11-23-43)68-61(70-63)44-24-12-5-13-25-44/h2-39H. The SMILES string of the molecule is [C-]#[N+]c1ccccc1-c1ccc2c(c1)c1cc(-c3ccccc3C#N)ccc1n2-c1ccc(-c2nc(-c3ccccc3)cc(-c3ccccc3)n2)cc1-c1nc(-c2ccccc2)nc(-c2ccccc2)n1. The Morgan fingerprint density at radius 1 is 0.366 bits per heavy atom. The van der Waals surface area contributed by atoms with Crippen molar-refractivity contribution in [2.24, 2.45) is 0 Å². The van der Waals surface area contributed by atoms with Gasteiger partial charge in [-0.25, -0.2) is 29.8 Å². The predicted octanol–water partition coefficient (Wildman–Crippen LogP) is 15.5. The summed E-state index contributed by atoms with van der Waals surface area (Å²) in [6.45, 7) is 8.01. The zero-order valence-electron chi connectivity index (χ0n) is 38.0. The first-order valence-electron chi connectivity index (χ1n) is 23.2. The lowest BCUT2D eigenvalue weighted by Gasteiger charge is -2.17. The molecule has 0 aliphatic carbocycles. The molecule has 0 saturated carbocycles. The monoisotopic (exact) mass is 906 g/mol. The Balaban J connectivity index is 1.16. The van der Waals surface area contributed by atoms with E-state index in [9.17, 15) is 5.26 Å². The van der Waals surface area contributed by atoms with Crippen molar-refractivity contribution in [2.75, 3.05) is 0 Å². The second-order valence-electron chi connectivity index (χ2n) is 17.0. The van der Waals surface area contributed by atoms with Gasteiger partial charge in [0.25, 0.3) is 0 Å². The Bertz CT molecular complexity index is 3830. The van der Waals surface area contributed by atoms with E-state index >= 15 is 0 Å². The second kappa shape index (κ2) is 18.2. The van der Waals surface area contributed by atoms with Gasteiger partial charge in [-0.3, -0.25) is 0 Å². The van der Waals surface area contributed by atoms with Gasteiger partial charge in [0.1, 0.15) is 0 Å². The Morgan fingerprint density at radius 3 is 1.37 bits per heavy atom. The lowest BCUT2D eigenvalue weighted by atomic mass is 9.97. The van der Waals surface area contributed by atoms with Crippen LogP contribution >= 0.6 is 0 Å². The fourth-order valence-electron chi connectivity index (χ4n) is 9.33. The number of hydrogen-bond donors (Lipinski definition) is 0. The first-order chi connectivity index (χ1) is 35.1. The molecule has 3 aromatic heterocycles. The van der Waals surface area contributed by atoms with Crippen molar-refractivity contribution in [2.45, 2.75) is 0 Å². The molecule has 71 heavy (non-hydrogen) atoms. The lowest BCUT2D eigenvalue weighted by molar-refractivity contribution is 1.06. The highest BCUT2D eigenvalue weighted by atomic mass is 15.1. The van der Waals surface area contributed by atoms with Gasteiger partial charge in [-0.05, 0) is 76.9 Å². The fourth-order valence-corrected chi connectivity index (χ4v) is 9.33. The lowest BCUT2D eigenvalue weighted by Crippen LogP contribution is -2.04. The summed E-state index contributed by atoms with van der Waals surface area (Å²) >= 11 is 0. The number of aromatic nitrogens is 6. The molecule has 0 fully saturated rings. The molecule has 0 bridgehead atoms. The van der Waals surface area contributed by atoms with Crippen LogP contribution in [0.25, 0.3) is 123 Å². The fraction of sp³-hybridized carbons (Fsp3) is 0. The molecule has 3 heterocycles. The first kappa shape index (κ1) is 42.2. The van der Waals surface area contributed by atoms with E-state index in [0.29, 0.717) is 34.5 Å². The van der Waals surface area contributed by atoms with Crippen LogP contribution in [-0.4, -0.2) is 29.5 Å². The van der Waals surface area contributed by atoms with Gasteiger partial charge in [-0.15, -0.1) is 0 Å². The summed E-state index contributed by atoms with van der Waals surface area (Å²) in [6.07, 6.45) is 0. The van der Waals surface area contributed by atoms with Crippen LogP contribution in [0.2, 0.25) is 0 Å². The molecule has 0 atom stereocenters. The molecule has 8 heteroatoms. The Labute approximate surface area is 410 Å². The molecule has 330 valence electrons. The minimum Gasteiger partial charge on any atom is -0.308 e. The second-order valence-corrected chi connectivity index (χ2v) is 17.0. The van der Waals surface area contributed by atoms with E-state index in [1.165, 1.54) is 0 Å². The largest absolute Gasteiger partial charge is 0.308 e. The summed E-state index contributed by atoms with van der Waals surface area (Å²) < 4.78 is 2.26. The minimum absolute atomic E-state index is 0.467. The zero-order valence-corrected chi connectivity index (χ0v) is 38.0. The van der Waals surface area contributed by atoms with E-state index in [1.807, 2.05) is 152 Å². The van der Waals surface area contributed by atoms with E-state index in [4.69, 9.17) is 31.5 Å². The summed E-state index contributed by atoms with van der Waals surface area (Å²) in [7, 11) is 0. The molecule has 8 nitrogen and oxygen atoms in total. The quantitative estimate of drug-likeness (QED) is 0.134. The van der Waals surface area contributed by atoms with Crippen LogP contribution < -0.4 is 0 Å². The van der Waals surface area contributed by atoms with Gasteiger partial charge in [0, 0.05) is 44.2 Å². The van der Waals surface area contributed by atoms with Crippen molar-refractivity contribution < 1.29 is 0 Å². The average molecular weight is 907 g/mol. The van der Waals surface area contributed by atoms with Crippen molar-refractivity contribution in [3.8, 4) is 102 Å². The molecule has 0 unspecified atom stereocenters. The number of nitrogens with zero attached hydrogens (tertiary/aromatic N) is 8. The van der Waals surface area contributed by atoms with Crippen molar-refractivity contribution in [3.63, 3.8) is 0 Å². The predicted molar refractivity (Wildman–Crippen MR) is 284 cm³/mol. The number of fused-ring (bicyclic) bond motifs is 3. The van der Waals surface area contributed by atoms with Crippen molar-refractivity contribution in [3.05, 3.63) is 248 Å². The van der Waals surface area contributed by atoms with Crippen molar-refractivity contribution in [1.82, 2.24) is 29.5 Å². The third-order valence-electron chi connectivity index (χ3n) is 12.8. The number of benzene rings is 9. The topological polar surface area (TPSA) is 97.5 Å². The minimum atomic E-state index is 0.467. The molecule has 0 spiro atoms. The Morgan fingerprint density at radius 2 is 0.817 bits per heavy atom. The van der Waals surface area contributed by atoms with Crippen LogP contribution in [0.3, 0.4) is 0 Å². The zero-order chi connectivity index (χ0) is 47.7. The maximum atomic E-state index is 10.2.